The van der Waals surface area contributed by atoms with E-state index in [-0.39, 0.29) is 5.69 Å². The van der Waals surface area contributed by atoms with Gasteiger partial charge < -0.3 is 0 Å². The summed E-state index contributed by atoms with van der Waals surface area (Å²) in [6.07, 6.45) is 0. The van der Waals surface area contributed by atoms with E-state index in [0.29, 0.717) is 5.56 Å². The number of nitro groups is 1. The summed E-state index contributed by atoms with van der Waals surface area (Å²) in [7, 11) is -1.52. The zero-order chi connectivity index (χ0) is 14.2. The second-order valence-electron chi connectivity index (χ2n) is 5.00. The van der Waals surface area contributed by atoms with Gasteiger partial charge >= 0.3 is 119 Å². The second-order valence-corrected chi connectivity index (χ2v) is 13.3. The van der Waals surface area contributed by atoms with Crippen LogP contribution in [0.1, 0.15) is 10.4 Å². The van der Waals surface area contributed by atoms with Crippen molar-refractivity contribution in [3.8, 4) is 9.47 Å². The molecule has 0 atom stereocenters. The molecule has 5 nitrogen and oxygen atoms in total. The molecule has 0 fully saturated rings. The number of carbonyl (C=O) groups excluding carboxylic acids is 1. The fourth-order valence-electron chi connectivity index (χ4n) is 1.34. The number of hydrogen-bond donors (Lipinski definition) is 0. The van der Waals surface area contributed by atoms with Gasteiger partial charge in [-0.15, -0.1) is 0 Å². The molecular weight excluding hydrogens is 377 g/mol. The Balaban J connectivity index is 2.40. The van der Waals surface area contributed by atoms with E-state index in [9.17, 15) is 14.9 Å². The van der Waals surface area contributed by atoms with Gasteiger partial charge in [0.1, 0.15) is 0 Å². The van der Waals surface area contributed by atoms with Crippen molar-refractivity contribution in [2.45, 2.75) is 19.6 Å². The van der Waals surface area contributed by atoms with Crippen molar-refractivity contribution in [1.29, 1.82) is 0 Å². The van der Waals surface area contributed by atoms with Crippen molar-refractivity contribution < 1.29 is 12.8 Å². The van der Waals surface area contributed by atoms with E-state index in [1.54, 1.807) is 6.07 Å². The molecule has 1 aliphatic rings. The summed E-state index contributed by atoms with van der Waals surface area (Å²) in [4.78, 5) is 21.9. The number of nitro benzene ring substituents is 1. The van der Waals surface area contributed by atoms with Gasteiger partial charge in [0, 0.05) is 0 Å². The van der Waals surface area contributed by atoms with Crippen LogP contribution in [0.2, 0.25) is 19.6 Å². The molecule has 2 rings (SSSR count). The number of nitrogens with zero attached hydrogens (tertiary/aromatic N) is 1. The molecule has 1 aromatic carbocycles. The number of non-ortho nitro benzene ring substituents is 1. The van der Waals surface area contributed by atoms with Crippen molar-refractivity contribution in [2.75, 3.05) is 0 Å². The number of fused-ring (bicyclic) bond motifs is 1. The number of hydrogen-bond acceptors (Lipinski definition) is 4. The van der Waals surface area contributed by atoms with Gasteiger partial charge in [0.15, 0.2) is 0 Å². The average molecular weight is 389 g/mol. The van der Waals surface area contributed by atoms with E-state index < -0.39 is 39.2 Å². The molecule has 0 aliphatic carbocycles. The Bertz CT molecular complexity index is 627. The van der Waals surface area contributed by atoms with E-state index in [1.807, 2.05) is 0 Å². The first-order valence-electron chi connectivity index (χ1n) is 5.52. The summed E-state index contributed by atoms with van der Waals surface area (Å²) < 4.78 is 9.19. The Hall–Kier alpha value is -1.40. The van der Waals surface area contributed by atoms with Gasteiger partial charge in [-0.1, -0.05) is 0 Å². The Morgan fingerprint density at radius 2 is 2.05 bits per heavy atom. The quantitative estimate of drug-likeness (QED) is 0.243. The van der Waals surface area contributed by atoms with Crippen LogP contribution in [0.25, 0.3) is 0 Å². The molecule has 0 amide bonds. The third kappa shape index (κ3) is 3.13. The molecular formula is C12H12INO4Si. The zero-order valence-corrected chi connectivity index (χ0v) is 13.8. The molecule has 0 saturated heterocycles. The molecule has 0 spiro atoms. The standard InChI is InChI=1S/C12H12INO4Si/c1-19(2,3)7-6-13-11-5-4-9(14(16)17)8-10(11)12(15)18-13/h4-5,8H,1-3H3. The van der Waals surface area contributed by atoms with Crippen LogP contribution in [0, 0.1) is 23.2 Å². The summed E-state index contributed by atoms with van der Waals surface area (Å²) in [5.74, 6) is -0.478. The van der Waals surface area contributed by atoms with E-state index >= 15 is 0 Å². The van der Waals surface area contributed by atoms with Gasteiger partial charge in [-0.2, -0.15) is 0 Å². The third-order valence-corrected chi connectivity index (χ3v) is 7.20. The van der Waals surface area contributed by atoms with Crippen LogP contribution < -0.4 is 0 Å². The van der Waals surface area contributed by atoms with Crippen molar-refractivity contribution in [3.05, 3.63) is 37.4 Å². The molecule has 100 valence electrons. The summed E-state index contributed by atoms with van der Waals surface area (Å²) in [5.41, 5.74) is 3.43. The molecule has 1 aliphatic heterocycles. The SMILES string of the molecule is C[Si](C)(C)C#CI1OC(=O)c2cc([N+](=O)[O-])ccc21. The van der Waals surface area contributed by atoms with Gasteiger partial charge in [0.25, 0.3) is 0 Å². The number of benzene rings is 1. The molecule has 0 unspecified atom stereocenters. The van der Waals surface area contributed by atoms with Gasteiger partial charge in [-0.3, -0.25) is 0 Å². The maximum atomic E-state index is 11.7. The first-order valence-corrected chi connectivity index (χ1v) is 12.1. The minimum atomic E-state index is -2.28. The topological polar surface area (TPSA) is 69.4 Å². The van der Waals surface area contributed by atoms with Crippen LogP contribution >= 0.6 is 20.2 Å². The molecule has 1 heterocycles. The van der Waals surface area contributed by atoms with E-state index in [4.69, 9.17) is 3.07 Å². The molecule has 7 heteroatoms. The van der Waals surface area contributed by atoms with Crippen molar-refractivity contribution in [1.82, 2.24) is 0 Å². The van der Waals surface area contributed by atoms with Crippen molar-refractivity contribution in [2.24, 2.45) is 0 Å². The Morgan fingerprint density at radius 3 is 2.63 bits per heavy atom. The average Bonchev–Trinajstić information content (AvgIpc) is 2.62. The van der Waals surface area contributed by atoms with E-state index in [2.05, 4.69) is 29.1 Å². The zero-order valence-electron chi connectivity index (χ0n) is 10.7. The van der Waals surface area contributed by atoms with Crippen LogP contribution in [0.5, 0.6) is 0 Å². The van der Waals surface area contributed by atoms with Crippen molar-refractivity contribution >= 4 is 40.0 Å². The minimum absolute atomic E-state index is 0.0911. The van der Waals surface area contributed by atoms with Gasteiger partial charge in [0.2, 0.25) is 0 Å². The first kappa shape index (κ1) is 14.0. The van der Waals surface area contributed by atoms with Gasteiger partial charge in [0.05, 0.1) is 0 Å². The second kappa shape index (κ2) is 4.94. The monoisotopic (exact) mass is 389 g/mol. The maximum absolute atomic E-state index is 11.7. The van der Waals surface area contributed by atoms with Crippen LogP contribution in [-0.2, 0) is 3.07 Å². The number of carbonyl (C=O) groups is 1. The Morgan fingerprint density at radius 1 is 1.37 bits per heavy atom. The van der Waals surface area contributed by atoms with Crippen LogP contribution in [-0.4, -0.2) is 19.0 Å². The fourth-order valence-corrected chi connectivity index (χ4v) is 7.56. The summed E-state index contributed by atoms with van der Waals surface area (Å²) in [6.45, 7) is 6.35. The third-order valence-electron chi connectivity index (χ3n) is 2.22. The normalized spacial score (nSPS) is 15.3. The molecule has 0 radical (unpaired) electrons. The molecule has 1 aromatic rings. The van der Waals surface area contributed by atoms with Crippen LogP contribution in [0.4, 0.5) is 5.69 Å². The Labute approximate surface area is 119 Å². The predicted molar refractivity (Wildman–Crippen MR) is 82.4 cm³/mol. The van der Waals surface area contributed by atoms with Crippen LogP contribution in [0.3, 0.4) is 0 Å². The van der Waals surface area contributed by atoms with Crippen LogP contribution in [0.15, 0.2) is 18.2 Å². The summed E-state index contributed by atoms with van der Waals surface area (Å²) in [5, 5.41) is 10.7. The first-order chi connectivity index (χ1) is 8.78. The summed E-state index contributed by atoms with van der Waals surface area (Å²) in [6, 6.07) is 4.30. The number of halogens is 1. The molecule has 0 N–H and O–H groups in total. The van der Waals surface area contributed by atoms with Gasteiger partial charge in [-0.25, -0.2) is 0 Å². The summed E-state index contributed by atoms with van der Waals surface area (Å²) >= 11 is -2.28. The number of rotatable bonds is 1. The molecule has 0 aromatic heterocycles. The molecule has 0 saturated carbocycles. The molecule has 19 heavy (non-hydrogen) atoms. The van der Waals surface area contributed by atoms with E-state index in [0.717, 1.165) is 3.57 Å². The fraction of sp³-hybridized carbons (Fsp3) is 0.250. The van der Waals surface area contributed by atoms with E-state index in [1.165, 1.54) is 12.1 Å². The molecule has 0 bridgehead atoms. The van der Waals surface area contributed by atoms with Gasteiger partial charge in [-0.05, 0) is 0 Å². The predicted octanol–water partition coefficient (Wildman–Crippen LogP) is 3.19. The Kier molecular flexibility index (Phi) is 3.64. The van der Waals surface area contributed by atoms with Crippen molar-refractivity contribution in [3.63, 3.8) is 0 Å².